The van der Waals surface area contributed by atoms with Crippen molar-refractivity contribution >= 4 is 34.6 Å². The average molecular weight is 559 g/mol. The lowest BCUT2D eigenvalue weighted by Gasteiger charge is -2.30. The Morgan fingerprint density at radius 1 is 0.975 bits per heavy atom. The van der Waals surface area contributed by atoms with Crippen LogP contribution in [0.4, 0.5) is 10.1 Å². The molecule has 7 heteroatoms. The molecule has 1 aliphatic heterocycles. The monoisotopic (exact) mass is 558 g/mol. The molecule has 1 saturated heterocycles. The third-order valence-electron chi connectivity index (χ3n) is 7.24. The van der Waals surface area contributed by atoms with Crippen LogP contribution in [0.3, 0.4) is 0 Å². The Morgan fingerprint density at radius 3 is 2.50 bits per heavy atom. The molecule has 0 unspecified atom stereocenters. The third kappa shape index (κ3) is 6.58. The van der Waals surface area contributed by atoms with Gasteiger partial charge in [0.25, 0.3) is 5.91 Å². The topological polar surface area (TPSA) is 51.1 Å². The van der Waals surface area contributed by atoms with Gasteiger partial charge in [-0.3, -0.25) is 9.69 Å². The molecule has 1 aliphatic carbocycles. The van der Waals surface area contributed by atoms with E-state index in [1.54, 1.807) is 12.1 Å². The molecule has 0 bridgehead atoms. The molecule has 3 aromatic rings. The van der Waals surface area contributed by atoms with E-state index in [1.807, 2.05) is 54.3 Å². The smallest absolute Gasteiger partial charge is 0.267 e. The van der Waals surface area contributed by atoms with Crippen molar-refractivity contribution in [3.63, 3.8) is 0 Å². The minimum absolute atomic E-state index is 0.0132. The highest BCUT2D eigenvalue weighted by Gasteiger charge is 2.38. The highest BCUT2D eigenvalue weighted by Crippen LogP contribution is 2.40. The van der Waals surface area contributed by atoms with Crippen molar-refractivity contribution in [1.29, 1.82) is 0 Å². The Labute approximate surface area is 240 Å². The zero-order valence-electron chi connectivity index (χ0n) is 23.1. The molecule has 40 heavy (non-hydrogen) atoms. The molecular weight excluding hydrogens is 523 g/mol. The number of aryl methyl sites for hydroxylation is 1. The lowest BCUT2D eigenvalue weighted by atomic mass is 9.94. The summed E-state index contributed by atoms with van der Waals surface area (Å²) in [4.78, 5) is 21.4. The summed E-state index contributed by atoms with van der Waals surface area (Å²) >= 11 is 1.45. The zero-order chi connectivity index (χ0) is 27.9. The van der Waals surface area contributed by atoms with Crippen LogP contribution < -0.4 is 9.47 Å². The van der Waals surface area contributed by atoms with Crippen LogP contribution >= 0.6 is 11.8 Å². The minimum atomic E-state index is -0.277. The average Bonchev–Trinajstić information content (AvgIpc) is 3.28. The SMILES string of the molecule is CCOc1cc(/C=C2/SC(=Nc3ccccc3CC)N(C3CCCCC3)C2=O)ccc1OCc1ccc(F)cc1. The quantitative estimate of drug-likeness (QED) is 0.248. The molecule has 0 spiro atoms. The van der Waals surface area contributed by atoms with Gasteiger partial charge in [-0.25, -0.2) is 9.38 Å². The molecule has 5 nitrogen and oxygen atoms in total. The maximum atomic E-state index is 13.8. The van der Waals surface area contributed by atoms with E-state index >= 15 is 0 Å². The molecule has 0 N–H and O–H groups in total. The van der Waals surface area contributed by atoms with Crippen molar-refractivity contribution in [2.24, 2.45) is 4.99 Å². The fraction of sp³-hybridized carbons (Fsp3) is 0.333. The molecule has 1 heterocycles. The van der Waals surface area contributed by atoms with E-state index in [4.69, 9.17) is 14.5 Å². The molecule has 0 aromatic heterocycles. The first-order chi connectivity index (χ1) is 19.6. The Kier molecular flexibility index (Phi) is 9.22. The number of para-hydroxylation sites is 1. The number of carbonyl (C=O) groups excluding carboxylic acids is 1. The molecule has 0 radical (unpaired) electrons. The third-order valence-corrected chi connectivity index (χ3v) is 8.22. The first-order valence-electron chi connectivity index (χ1n) is 14.1. The number of amides is 1. The summed E-state index contributed by atoms with van der Waals surface area (Å²) in [5.74, 6) is 0.935. The zero-order valence-corrected chi connectivity index (χ0v) is 23.9. The Morgan fingerprint density at radius 2 is 1.75 bits per heavy atom. The fourth-order valence-corrected chi connectivity index (χ4v) is 6.19. The summed E-state index contributed by atoms with van der Waals surface area (Å²) in [6, 6.07) is 20.2. The second-order valence-corrected chi connectivity index (χ2v) is 11.0. The van der Waals surface area contributed by atoms with Crippen molar-refractivity contribution in [3.05, 3.63) is 94.1 Å². The lowest BCUT2D eigenvalue weighted by molar-refractivity contribution is -0.124. The van der Waals surface area contributed by atoms with Crippen LogP contribution in [0.25, 0.3) is 6.08 Å². The summed E-state index contributed by atoms with van der Waals surface area (Å²) < 4.78 is 25.1. The molecule has 1 saturated carbocycles. The number of rotatable bonds is 9. The number of amidine groups is 1. The minimum Gasteiger partial charge on any atom is -0.490 e. The van der Waals surface area contributed by atoms with Gasteiger partial charge in [0.05, 0.1) is 17.2 Å². The molecule has 208 valence electrons. The molecule has 2 aliphatic rings. The Bertz CT molecular complexity index is 1400. The summed E-state index contributed by atoms with van der Waals surface area (Å²) in [7, 11) is 0. The highest BCUT2D eigenvalue weighted by molar-refractivity contribution is 8.18. The van der Waals surface area contributed by atoms with E-state index < -0.39 is 0 Å². The van der Waals surface area contributed by atoms with Gasteiger partial charge in [-0.2, -0.15) is 0 Å². The lowest BCUT2D eigenvalue weighted by Crippen LogP contribution is -2.40. The van der Waals surface area contributed by atoms with Crippen LogP contribution in [0.1, 0.15) is 62.6 Å². The number of thioether (sulfide) groups is 1. The predicted molar refractivity (Wildman–Crippen MR) is 161 cm³/mol. The Hall–Kier alpha value is -3.58. The molecule has 0 atom stereocenters. The van der Waals surface area contributed by atoms with E-state index in [0.717, 1.165) is 54.1 Å². The highest BCUT2D eigenvalue weighted by atomic mass is 32.2. The molecule has 1 amide bonds. The van der Waals surface area contributed by atoms with Crippen molar-refractivity contribution in [2.45, 2.75) is 65.0 Å². The second-order valence-electron chi connectivity index (χ2n) is 10.0. The van der Waals surface area contributed by atoms with Crippen LogP contribution in [0.2, 0.25) is 0 Å². The molecule has 5 rings (SSSR count). The van der Waals surface area contributed by atoms with Gasteiger partial charge in [-0.15, -0.1) is 0 Å². The Balaban J connectivity index is 1.42. The number of halogens is 1. The predicted octanol–water partition coefficient (Wildman–Crippen LogP) is 8.30. The van der Waals surface area contributed by atoms with Gasteiger partial charge >= 0.3 is 0 Å². The van der Waals surface area contributed by atoms with Crippen molar-refractivity contribution < 1.29 is 18.7 Å². The van der Waals surface area contributed by atoms with Gasteiger partial charge in [0.2, 0.25) is 0 Å². The van der Waals surface area contributed by atoms with Gasteiger partial charge in [0.15, 0.2) is 16.7 Å². The number of benzene rings is 3. The van der Waals surface area contributed by atoms with Crippen LogP contribution in [-0.4, -0.2) is 28.6 Å². The number of aliphatic imine (C=N–C) groups is 1. The summed E-state index contributed by atoms with van der Waals surface area (Å²) in [6.45, 7) is 4.82. The number of hydrogen-bond donors (Lipinski definition) is 0. The molecular formula is C33H35FN2O3S. The summed E-state index contributed by atoms with van der Waals surface area (Å²) in [5.41, 5.74) is 3.81. The van der Waals surface area contributed by atoms with Gasteiger partial charge in [0, 0.05) is 6.04 Å². The maximum Gasteiger partial charge on any atom is 0.267 e. The largest absolute Gasteiger partial charge is 0.490 e. The van der Waals surface area contributed by atoms with E-state index in [1.165, 1.54) is 35.9 Å². The van der Waals surface area contributed by atoms with Crippen molar-refractivity contribution in [1.82, 2.24) is 4.90 Å². The maximum absolute atomic E-state index is 13.8. The van der Waals surface area contributed by atoms with Gasteiger partial charge < -0.3 is 9.47 Å². The van der Waals surface area contributed by atoms with Crippen LogP contribution in [0.15, 0.2) is 76.6 Å². The molecule has 3 aromatic carbocycles. The summed E-state index contributed by atoms with van der Waals surface area (Å²) in [5, 5.41) is 0.758. The normalized spacial score (nSPS) is 18.1. The first-order valence-corrected chi connectivity index (χ1v) is 14.9. The molecule has 2 fully saturated rings. The van der Waals surface area contributed by atoms with Crippen LogP contribution in [0, 0.1) is 5.82 Å². The number of carbonyl (C=O) groups is 1. The standard InChI is InChI=1S/C33H35FN2O3S/c1-3-25-10-8-9-13-28(25)35-33-36(27-11-6-5-7-12-27)32(37)31(40-33)21-24-16-19-29(30(20-24)38-4-2)39-22-23-14-17-26(34)18-15-23/h8-10,13-21,27H,3-7,11-12,22H2,1-2H3/b31-21+,35-33?. The van der Waals surface area contributed by atoms with E-state index in [2.05, 4.69) is 13.0 Å². The van der Waals surface area contributed by atoms with Gasteiger partial charge in [-0.1, -0.05) is 62.6 Å². The fourth-order valence-electron chi connectivity index (χ4n) is 5.14. The number of nitrogens with zero attached hydrogens (tertiary/aromatic N) is 2. The van der Waals surface area contributed by atoms with Crippen molar-refractivity contribution in [2.75, 3.05) is 6.61 Å². The van der Waals surface area contributed by atoms with Crippen molar-refractivity contribution in [3.8, 4) is 11.5 Å². The summed E-state index contributed by atoms with van der Waals surface area (Å²) in [6.07, 6.45) is 8.29. The first kappa shape index (κ1) is 28.0. The number of ether oxygens (including phenoxy) is 2. The van der Waals surface area contributed by atoms with Gasteiger partial charge in [0.1, 0.15) is 12.4 Å². The van der Waals surface area contributed by atoms with Crippen LogP contribution in [0.5, 0.6) is 11.5 Å². The van der Waals surface area contributed by atoms with Crippen LogP contribution in [-0.2, 0) is 17.8 Å². The van der Waals surface area contributed by atoms with E-state index in [9.17, 15) is 9.18 Å². The number of hydrogen-bond acceptors (Lipinski definition) is 5. The van der Waals surface area contributed by atoms with E-state index in [0.29, 0.717) is 29.6 Å². The van der Waals surface area contributed by atoms with E-state index in [-0.39, 0.29) is 17.8 Å². The van der Waals surface area contributed by atoms with Gasteiger partial charge in [-0.05, 0) is 91.0 Å². The second kappa shape index (κ2) is 13.2.